The van der Waals surface area contributed by atoms with Gasteiger partial charge in [0.25, 0.3) is 11.6 Å². The molecule has 1 amide bonds. The number of benzene rings is 3. The molecule has 150 valence electrons. The molecule has 0 aliphatic rings. The number of nitro groups is 1. The van der Waals surface area contributed by atoms with E-state index < -0.39 is 16.8 Å². The monoisotopic (exact) mass is 423 g/mol. The molecule has 30 heavy (non-hydrogen) atoms. The highest BCUT2D eigenvalue weighted by Gasteiger charge is 2.11. The zero-order chi connectivity index (χ0) is 21.5. The van der Waals surface area contributed by atoms with Crippen molar-refractivity contribution in [1.29, 1.82) is 0 Å². The van der Waals surface area contributed by atoms with E-state index in [1.165, 1.54) is 24.4 Å². The largest absolute Gasteiger partial charge is 0.423 e. The van der Waals surface area contributed by atoms with Gasteiger partial charge in [0.05, 0.1) is 16.7 Å². The zero-order valence-corrected chi connectivity index (χ0v) is 16.1. The summed E-state index contributed by atoms with van der Waals surface area (Å²) in [6.45, 7) is 0. The third-order valence-corrected chi connectivity index (χ3v) is 4.10. The molecule has 0 unspecified atom stereocenters. The minimum atomic E-state index is -0.597. The number of ether oxygens (including phenoxy) is 1. The van der Waals surface area contributed by atoms with E-state index in [1.54, 1.807) is 48.5 Å². The van der Waals surface area contributed by atoms with Crippen LogP contribution in [0.1, 0.15) is 26.3 Å². The van der Waals surface area contributed by atoms with E-state index >= 15 is 0 Å². The first-order valence-electron chi connectivity index (χ1n) is 8.58. The van der Waals surface area contributed by atoms with Gasteiger partial charge in [0, 0.05) is 22.7 Å². The van der Waals surface area contributed by atoms with E-state index in [2.05, 4.69) is 10.5 Å². The first-order valence-corrected chi connectivity index (χ1v) is 8.96. The summed E-state index contributed by atoms with van der Waals surface area (Å²) in [6, 6.07) is 18.1. The smallest absolute Gasteiger partial charge is 0.343 e. The highest BCUT2D eigenvalue weighted by Crippen LogP contribution is 2.16. The molecule has 0 spiro atoms. The van der Waals surface area contributed by atoms with Crippen molar-refractivity contribution < 1.29 is 19.2 Å². The number of non-ortho nitro benzene ring substituents is 1. The summed E-state index contributed by atoms with van der Waals surface area (Å²) in [7, 11) is 0. The summed E-state index contributed by atoms with van der Waals surface area (Å²) in [4.78, 5) is 34.4. The van der Waals surface area contributed by atoms with Gasteiger partial charge in [-0.15, -0.1) is 0 Å². The molecular weight excluding hydrogens is 410 g/mol. The topological polar surface area (TPSA) is 111 Å². The molecule has 0 heterocycles. The van der Waals surface area contributed by atoms with E-state index in [0.717, 1.165) is 6.07 Å². The van der Waals surface area contributed by atoms with E-state index in [-0.39, 0.29) is 11.3 Å². The zero-order valence-electron chi connectivity index (χ0n) is 15.3. The lowest BCUT2D eigenvalue weighted by atomic mass is 10.2. The standard InChI is InChI=1S/C21H14ClN3O5/c22-17-9-7-15(8-10-17)21(27)30-19-6-1-3-14(11-19)13-23-24-20(26)16-4-2-5-18(12-16)25(28)29/h1-13H,(H,24,26)/b23-13-. The van der Waals surface area contributed by atoms with Gasteiger partial charge in [-0.05, 0) is 48.0 Å². The van der Waals surface area contributed by atoms with Crippen molar-refractivity contribution in [3.8, 4) is 5.75 Å². The lowest BCUT2D eigenvalue weighted by molar-refractivity contribution is -0.384. The van der Waals surface area contributed by atoms with E-state index in [0.29, 0.717) is 21.9 Å². The van der Waals surface area contributed by atoms with Gasteiger partial charge in [-0.1, -0.05) is 29.8 Å². The molecule has 0 atom stereocenters. The van der Waals surface area contributed by atoms with Gasteiger partial charge in [-0.2, -0.15) is 5.10 Å². The second kappa shape index (κ2) is 9.44. The van der Waals surface area contributed by atoms with Gasteiger partial charge in [0.2, 0.25) is 0 Å². The Balaban J connectivity index is 1.63. The van der Waals surface area contributed by atoms with E-state index in [9.17, 15) is 19.7 Å². The molecule has 0 saturated carbocycles. The molecule has 1 N–H and O–H groups in total. The Morgan fingerprint density at radius 2 is 1.73 bits per heavy atom. The number of esters is 1. The number of carbonyl (C=O) groups is 2. The molecule has 3 rings (SSSR count). The normalized spacial score (nSPS) is 10.6. The molecule has 8 nitrogen and oxygen atoms in total. The van der Waals surface area contributed by atoms with Gasteiger partial charge >= 0.3 is 5.97 Å². The highest BCUT2D eigenvalue weighted by atomic mass is 35.5. The fraction of sp³-hybridized carbons (Fsp3) is 0. The van der Waals surface area contributed by atoms with Crippen molar-refractivity contribution >= 4 is 35.4 Å². The summed E-state index contributed by atoms with van der Waals surface area (Å²) in [6.07, 6.45) is 1.36. The van der Waals surface area contributed by atoms with Crippen LogP contribution in [0.5, 0.6) is 5.75 Å². The van der Waals surface area contributed by atoms with Gasteiger partial charge < -0.3 is 4.74 Å². The molecule has 0 bridgehead atoms. The second-order valence-corrected chi connectivity index (χ2v) is 6.41. The second-order valence-electron chi connectivity index (χ2n) is 5.98. The maximum absolute atomic E-state index is 12.2. The summed E-state index contributed by atoms with van der Waals surface area (Å²) < 4.78 is 5.32. The average molecular weight is 424 g/mol. The minimum Gasteiger partial charge on any atom is -0.423 e. The first-order chi connectivity index (χ1) is 14.4. The maximum atomic E-state index is 12.2. The van der Waals surface area contributed by atoms with Crippen LogP contribution in [0.25, 0.3) is 0 Å². The molecule has 0 aliphatic carbocycles. The molecule has 0 saturated heterocycles. The van der Waals surface area contributed by atoms with Crippen LogP contribution in [0.2, 0.25) is 5.02 Å². The van der Waals surface area contributed by atoms with Gasteiger partial charge in [-0.25, -0.2) is 10.2 Å². The van der Waals surface area contributed by atoms with Crippen LogP contribution in [0.3, 0.4) is 0 Å². The van der Waals surface area contributed by atoms with Crippen LogP contribution < -0.4 is 10.2 Å². The molecule has 3 aromatic carbocycles. The number of rotatable bonds is 6. The summed E-state index contributed by atoms with van der Waals surface area (Å²) in [5.41, 5.74) is 3.12. The number of nitrogens with zero attached hydrogens (tertiary/aromatic N) is 2. The van der Waals surface area contributed by atoms with Crippen LogP contribution in [0.4, 0.5) is 5.69 Å². The molecule has 0 fully saturated rings. The van der Waals surface area contributed by atoms with Crippen molar-refractivity contribution in [3.63, 3.8) is 0 Å². The highest BCUT2D eigenvalue weighted by molar-refractivity contribution is 6.30. The van der Waals surface area contributed by atoms with Gasteiger partial charge in [0.1, 0.15) is 5.75 Å². The van der Waals surface area contributed by atoms with Crippen molar-refractivity contribution in [2.45, 2.75) is 0 Å². The Morgan fingerprint density at radius 1 is 1.00 bits per heavy atom. The Labute approximate surface area is 175 Å². The van der Waals surface area contributed by atoms with Crippen LogP contribution in [-0.4, -0.2) is 23.0 Å². The number of hydrogen-bond acceptors (Lipinski definition) is 6. The first kappa shape index (κ1) is 20.7. The number of hydrazone groups is 1. The Kier molecular flexibility index (Phi) is 6.51. The molecule has 0 aliphatic heterocycles. The Hall–Kier alpha value is -4.04. The summed E-state index contributed by atoms with van der Waals surface area (Å²) in [5, 5.41) is 15.1. The molecule has 0 aromatic heterocycles. The SMILES string of the molecule is O=C(N/N=C\c1cccc(OC(=O)c2ccc(Cl)cc2)c1)c1cccc([N+](=O)[O-])c1. The minimum absolute atomic E-state index is 0.104. The number of nitro benzene ring substituents is 1. The Morgan fingerprint density at radius 3 is 2.47 bits per heavy atom. The number of amides is 1. The number of hydrogen-bond donors (Lipinski definition) is 1. The quantitative estimate of drug-likeness (QED) is 0.210. The summed E-state index contributed by atoms with van der Waals surface area (Å²) >= 11 is 5.80. The van der Waals surface area contributed by atoms with Gasteiger partial charge in [-0.3, -0.25) is 14.9 Å². The fourth-order valence-electron chi connectivity index (χ4n) is 2.40. The van der Waals surface area contributed by atoms with Crippen molar-refractivity contribution in [1.82, 2.24) is 5.43 Å². The lowest BCUT2D eigenvalue weighted by Gasteiger charge is -2.05. The third kappa shape index (κ3) is 5.49. The van der Waals surface area contributed by atoms with Crippen LogP contribution in [0, 0.1) is 10.1 Å². The van der Waals surface area contributed by atoms with Crippen LogP contribution in [-0.2, 0) is 0 Å². The van der Waals surface area contributed by atoms with Crippen molar-refractivity contribution in [3.05, 3.63) is 105 Å². The number of nitrogens with one attached hydrogen (secondary N) is 1. The molecule has 3 aromatic rings. The van der Waals surface area contributed by atoms with Crippen molar-refractivity contribution in [2.75, 3.05) is 0 Å². The lowest BCUT2D eigenvalue weighted by Crippen LogP contribution is -2.17. The van der Waals surface area contributed by atoms with Gasteiger partial charge in [0.15, 0.2) is 0 Å². The predicted molar refractivity (Wildman–Crippen MR) is 111 cm³/mol. The third-order valence-electron chi connectivity index (χ3n) is 3.85. The van der Waals surface area contributed by atoms with Crippen molar-refractivity contribution in [2.24, 2.45) is 5.10 Å². The number of halogens is 1. The predicted octanol–water partition coefficient (Wildman–Crippen LogP) is 4.23. The van der Waals surface area contributed by atoms with E-state index in [4.69, 9.17) is 16.3 Å². The molecule has 0 radical (unpaired) electrons. The van der Waals surface area contributed by atoms with Crippen LogP contribution >= 0.6 is 11.6 Å². The van der Waals surface area contributed by atoms with E-state index in [1.807, 2.05) is 0 Å². The maximum Gasteiger partial charge on any atom is 0.343 e. The Bertz CT molecular complexity index is 1130. The molecule has 9 heteroatoms. The average Bonchev–Trinajstić information content (AvgIpc) is 2.74. The summed E-state index contributed by atoms with van der Waals surface area (Å²) in [5.74, 6) is -0.844. The number of carbonyl (C=O) groups excluding carboxylic acids is 2. The molecular formula is C21H14ClN3O5. The fourth-order valence-corrected chi connectivity index (χ4v) is 2.53. The van der Waals surface area contributed by atoms with Crippen LogP contribution in [0.15, 0.2) is 77.9 Å².